The minimum absolute atomic E-state index is 0.159. The molecule has 1 N–H and O–H groups in total. The Morgan fingerprint density at radius 3 is 2.38 bits per heavy atom. The number of benzene rings is 2. The molecule has 176 valence electrons. The van der Waals surface area contributed by atoms with E-state index in [1.165, 1.54) is 6.08 Å². The second kappa shape index (κ2) is 10.8. The van der Waals surface area contributed by atoms with Gasteiger partial charge in [-0.1, -0.05) is 30.1 Å². The summed E-state index contributed by atoms with van der Waals surface area (Å²) in [7, 11) is 0. The van der Waals surface area contributed by atoms with Crippen molar-refractivity contribution in [2.75, 3.05) is 36.4 Å². The highest BCUT2D eigenvalue weighted by Crippen LogP contribution is 2.30. The van der Waals surface area contributed by atoms with Crippen LogP contribution >= 0.6 is 23.2 Å². The number of halogens is 2. The molecule has 2 heterocycles. The number of carbonyl (C=O) groups is 2. The Morgan fingerprint density at radius 1 is 0.971 bits per heavy atom. The van der Waals surface area contributed by atoms with E-state index in [-0.39, 0.29) is 11.8 Å². The molecule has 1 aromatic heterocycles. The van der Waals surface area contributed by atoms with E-state index < -0.39 is 0 Å². The van der Waals surface area contributed by atoms with Crippen molar-refractivity contribution in [3.8, 4) is 11.3 Å². The standard InChI is InChI=1S/C26H25Cl2N3O3/c1-2-26(33)31-15-13-30(14-16-31)23-10-7-20(28)17-22(23)29-25(32)12-9-21-8-11-24(34-21)18-3-5-19(27)6-4-18/h3-12,17H,2,13-16H2,1H3,(H,29,32)/b12-9+. The van der Waals surface area contributed by atoms with Gasteiger partial charge in [0.2, 0.25) is 11.8 Å². The number of hydrogen-bond donors (Lipinski definition) is 1. The third-order valence-corrected chi connectivity index (χ3v) is 6.13. The van der Waals surface area contributed by atoms with Gasteiger partial charge in [0.1, 0.15) is 11.5 Å². The van der Waals surface area contributed by atoms with Crippen LogP contribution in [0.25, 0.3) is 17.4 Å². The monoisotopic (exact) mass is 497 g/mol. The fourth-order valence-corrected chi connectivity index (χ4v) is 4.15. The van der Waals surface area contributed by atoms with Gasteiger partial charge in [-0.2, -0.15) is 0 Å². The first kappa shape index (κ1) is 23.9. The number of anilines is 2. The van der Waals surface area contributed by atoms with Crippen LogP contribution in [-0.4, -0.2) is 42.9 Å². The number of carbonyl (C=O) groups excluding carboxylic acids is 2. The van der Waals surface area contributed by atoms with Crippen LogP contribution in [0.5, 0.6) is 0 Å². The van der Waals surface area contributed by atoms with E-state index in [0.29, 0.717) is 59.9 Å². The number of nitrogens with zero attached hydrogens (tertiary/aromatic N) is 2. The van der Waals surface area contributed by atoms with Crippen molar-refractivity contribution in [2.24, 2.45) is 0 Å². The minimum Gasteiger partial charge on any atom is -0.457 e. The molecule has 34 heavy (non-hydrogen) atoms. The van der Waals surface area contributed by atoms with Crippen molar-refractivity contribution >= 4 is 52.5 Å². The molecule has 1 aliphatic heterocycles. The van der Waals surface area contributed by atoms with Crippen LogP contribution in [-0.2, 0) is 9.59 Å². The fraction of sp³-hybridized carbons (Fsp3) is 0.231. The van der Waals surface area contributed by atoms with Gasteiger partial charge in [-0.05, 0) is 60.7 Å². The van der Waals surface area contributed by atoms with Gasteiger partial charge < -0.3 is 19.5 Å². The molecule has 0 radical (unpaired) electrons. The lowest BCUT2D eigenvalue weighted by Gasteiger charge is -2.37. The molecule has 0 saturated carbocycles. The van der Waals surface area contributed by atoms with Crippen LogP contribution in [0.4, 0.5) is 11.4 Å². The molecule has 6 nitrogen and oxygen atoms in total. The summed E-state index contributed by atoms with van der Waals surface area (Å²) in [5, 5.41) is 4.11. The fourth-order valence-electron chi connectivity index (χ4n) is 3.85. The highest BCUT2D eigenvalue weighted by atomic mass is 35.5. The van der Waals surface area contributed by atoms with Crippen LogP contribution in [0.3, 0.4) is 0 Å². The largest absolute Gasteiger partial charge is 0.457 e. The molecule has 1 aliphatic rings. The van der Waals surface area contributed by atoms with Crippen molar-refractivity contribution in [1.82, 2.24) is 4.90 Å². The summed E-state index contributed by atoms with van der Waals surface area (Å²) in [6.45, 7) is 4.54. The Labute approximate surface area is 208 Å². The molecule has 0 unspecified atom stereocenters. The molecule has 1 fully saturated rings. The van der Waals surface area contributed by atoms with Gasteiger partial charge in [0.15, 0.2) is 0 Å². The highest BCUT2D eigenvalue weighted by molar-refractivity contribution is 6.31. The maximum absolute atomic E-state index is 12.7. The second-order valence-corrected chi connectivity index (χ2v) is 8.79. The number of nitrogens with one attached hydrogen (secondary N) is 1. The average Bonchev–Trinajstić information content (AvgIpc) is 3.32. The third-order valence-electron chi connectivity index (χ3n) is 5.65. The lowest BCUT2D eigenvalue weighted by atomic mass is 10.2. The Balaban J connectivity index is 1.42. The summed E-state index contributed by atoms with van der Waals surface area (Å²) < 4.78 is 5.82. The lowest BCUT2D eigenvalue weighted by Crippen LogP contribution is -2.48. The topological polar surface area (TPSA) is 65.8 Å². The van der Waals surface area contributed by atoms with E-state index in [0.717, 1.165) is 11.3 Å². The van der Waals surface area contributed by atoms with Gasteiger partial charge in [-0.3, -0.25) is 9.59 Å². The summed E-state index contributed by atoms with van der Waals surface area (Å²) in [6, 6.07) is 16.4. The van der Waals surface area contributed by atoms with Crippen LogP contribution in [0, 0.1) is 0 Å². The predicted molar refractivity (Wildman–Crippen MR) is 137 cm³/mol. The molecule has 2 aromatic carbocycles. The first-order chi connectivity index (χ1) is 16.4. The van der Waals surface area contributed by atoms with Gasteiger partial charge >= 0.3 is 0 Å². The molecule has 0 atom stereocenters. The molecular formula is C26H25Cl2N3O3. The molecule has 0 aliphatic carbocycles. The van der Waals surface area contributed by atoms with Crippen LogP contribution in [0.2, 0.25) is 10.0 Å². The lowest BCUT2D eigenvalue weighted by molar-refractivity contribution is -0.131. The van der Waals surface area contributed by atoms with E-state index in [2.05, 4.69) is 10.2 Å². The van der Waals surface area contributed by atoms with E-state index in [1.807, 2.05) is 36.1 Å². The molecular weight excluding hydrogens is 473 g/mol. The molecule has 0 spiro atoms. The van der Waals surface area contributed by atoms with Gasteiger partial charge in [0.25, 0.3) is 0 Å². The van der Waals surface area contributed by atoms with Crippen molar-refractivity contribution < 1.29 is 14.0 Å². The molecule has 3 aromatic rings. The smallest absolute Gasteiger partial charge is 0.248 e. The first-order valence-corrected chi connectivity index (χ1v) is 11.9. The van der Waals surface area contributed by atoms with E-state index >= 15 is 0 Å². The maximum Gasteiger partial charge on any atom is 0.248 e. The first-order valence-electron chi connectivity index (χ1n) is 11.1. The quantitative estimate of drug-likeness (QED) is 0.426. The maximum atomic E-state index is 12.7. The van der Waals surface area contributed by atoms with Gasteiger partial charge in [-0.15, -0.1) is 0 Å². The Morgan fingerprint density at radius 2 is 1.68 bits per heavy atom. The summed E-state index contributed by atoms with van der Waals surface area (Å²) >= 11 is 12.1. The zero-order valence-electron chi connectivity index (χ0n) is 18.8. The number of hydrogen-bond acceptors (Lipinski definition) is 4. The van der Waals surface area contributed by atoms with Crippen molar-refractivity contribution in [2.45, 2.75) is 13.3 Å². The Bertz CT molecular complexity index is 1200. The predicted octanol–water partition coefficient (Wildman–Crippen LogP) is 5.96. The number of rotatable bonds is 6. The van der Waals surface area contributed by atoms with Gasteiger partial charge in [0.05, 0.1) is 11.4 Å². The van der Waals surface area contributed by atoms with E-state index in [1.54, 1.807) is 36.4 Å². The molecule has 4 rings (SSSR count). The molecule has 0 bridgehead atoms. The van der Waals surface area contributed by atoms with Gasteiger partial charge in [0, 0.05) is 54.3 Å². The van der Waals surface area contributed by atoms with Crippen molar-refractivity contribution in [3.05, 3.63) is 76.5 Å². The summed E-state index contributed by atoms with van der Waals surface area (Å²) in [6.07, 6.45) is 3.55. The minimum atomic E-state index is -0.298. The number of amides is 2. The second-order valence-electron chi connectivity index (χ2n) is 7.91. The zero-order valence-corrected chi connectivity index (χ0v) is 20.3. The van der Waals surface area contributed by atoms with Crippen molar-refractivity contribution in [3.63, 3.8) is 0 Å². The number of furan rings is 1. The van der Waals surface area contributed by atoms with Crippen LogP contribution in [0.1, 0.15) is 19.1 Å². The SMILES string of the molecule is CCC(=O)N1CCN(c2ccc(Cl)cc2NC(=O)/C=C/c2ccc(-c3ccc(Cl)cc3)o2)CC1. The molecule has 1 saturated heterocycles. The summed E-state index contributed by atoms with van der Waals surface area (Å²) in [5.74, 6) is 1.11. The molecule has 2 amide bonds. The van der Waals surface area contributed by atoms with Crippen LogP contribution in [0.15, 0.2) is 65.1 Å². The molecule has 8 heteroatoms. The van der Waals surface area contributed by atoms with E-state index in [9.17, 15) is 9.59 Å². The summed E-state index contributed by atoms with van der Waals surface area (Å²) in [5.41, 5.74) is 2.40. The van der Waals surface area contributed by atoms with E-state index in [4.69, 9.17) is 27.6 Å². The average molecular weight is 498 g/mol. The Hall–Kier alpha value is -3.22. The number of piperazine rings is 1. The van der Waals surface area contributed by atoms with Crippen molar-refractivity contribution in [1.29, 1.82) is 0 Å². The van der Waals surface area contributed by atoms with Gasteiger partial charge in [-0.25, -0.2) is 0 Å². The Kier molecular flexibility index (Phi) is 7.60. The van der Waals surface area contributed by atoms with Crippen LogP contribution < -0.4 is 10.2 Å². The zero-order chi connectivity index (χ0) is 24.1. The highest BCUT2D eigenvalue weighted by Gasteiger charge is 2.22. The summed E-state index contributed by atoms with van der Waals surface area (Å²) in [4.78, 5) is 28.6. The third kappa shape index (κ3) is 5.82. The normalized spacial score (nSPS) is 14.0.